The van der Waals surface area contributed by atoms with Crippen LogP contribution >= 0.6 is 0 Å². The Bertz CT molecular complexity index is 1070. The summed E-state index contributed by atoms with van der Waals surface area (Å²) in [5.41, 5.74) is 0.826. The molecular weight excluding hydrogens is 488 g/mol. The van der Waals surface area contributed by atoms with E-state index in [0.717, 1.165) is 23.8 Å². The van der Waals surface area contributed by atoms with Gasteiger partial charge in [0.25, 0.3) is 0 Å². The third kappa shape index (κ3) is 8.50. The minimum atomic E-state index is -1.28. The minimum Gasteiger partial charge on any atom is -0.490 e. The zero-order valence-electron chi connectivity index (χ0n) is 23.3. The quantitative estimate of drug-likeness (QED) is 0.293. The highest BCUT2D eigenvalue weighted by molar-refractivity contribution is 5.67. The average molecular weight is 532 g/mol. The maximum atomic E-state index is 14.4. The van der Waals surface area contributed by atoms with Crippen molar-refractivity contribution in [2.24, 2.45) is 17.8 Å². The third-order valence-electron chi connectivity index (χ3n) is 7.69. The van der Waals surface area contributed by atoms with E-state index >= 15 is 0 Å². The number of aryl methyl sites for hydroxylation is 1. The SMILES string of the molecule is CC1CCC(C(C)C)C(Oc2ccc(CC(C)(C)NC[C@@H](O)c3cc(CCC(=O)O)cc(F)c3F)cc2)C1. The highest BCUT2D eigenvalue weighted by atomic mass is 19.2. The normalized spacial score (nSPS) is 20.9. The van der Waals surface area contributed by atoms with Gasteiger partial charge in [-0.1, -0.05) is 39.3 Å². The molecule has 1 fully saturated rings. The van der Waals surface area contributed by atoms with Crippen LogP contribution in [-0.2, 0) is 17.6 Å². The van der Waals surface area contributed by atoms with E-state index in [1.807, 2.05) is 38.1 Å². The molecule has 0 saturated heterocycles. The first kappa shape index (κ1) is 30.0. The van der Waals surface area contributed by atoms with Crippen LogP contribution < -0.4 is 10.1 Å². The number of aliphatic hydroxyl groups is 1. The number of β-amino-alcohol motifs (C(OH)–C–C–N with tert-alkyl or cyclic N) is 1. The number of halogens is 2. The van der Waals surface area contributed by atoms with Gasteiger partial charge in [0.15, 0.2) is 11.6 Å². The van der Waals surface area contributed by atoms with Gasteiger partial charge in [0.1, 0.15) is 11.9 Å². The lowest BCUT2D eigenvalue weighted by molar-refractivity contribution is -0.136. The lowest BCUT2D eigenvalue weighted by Gasteiger charge is -2.37. The number of carbonyl (C=O) groups is 1. The van der Waals surface area contributed by atoms with Crippen molar-refractivity contribution in [3.63, 3.8) is 0 Å². The van der Waals surface area contributed by atoms with Crippen LogP contribution in [0.15, 0.2) is 36.4 Å². The van der Waals surface area contributed by atoms with Crippen molar-refractivity contribution >= 4 is 5.97 Å². The molecule has 2 aromatic rings. The first-order chi connectivity index (χ1) is 17.8. The molecule has 3 rings (SSSR count). The predicted octanol–water partition coefficient (Wildman–Crippen LogP) is 6.47. The molecule has 0 amide bonds. The number of aliphatic carboxylic acids is 1. The molecule has 210 valence electrons. The molecular formula is C31H43F2NO4. The van der Waals surface area contributed by atoms with Crippen LogP contribution in [-0.4, -0.2) is 34.4 Å². The van der Waals surface area contributed by atoms with E-state index in [1.54, 1.807) is 0 Å². The van der Waals surface area contributed by atoms with Gasteiger partial charge >= 0.3 is 5.97 Å². The Hall–Kier alpha value is -2.51. The fourth-order valence-corrected chi connectivity index (χ4v) is 5.47. The van der Waals surface area contributed by atoms with Gasteiger partial charge in [0.05, 0.1) is 6.10 Å². The Morgan fingerprint density at radius 1 is 1.13 bits per heavy atom. The summed E-state index contributed by atoms with van der Waals surface area (Å²) < 4.78 is 34.9. The monoisotopic (exact) mass is 531 g/mol. The summed E-state index contributed by atoms with van der Waals surface area (Å²) in [7, 11) is 0. The van der Waals surface area contributed by atoms with Crippen LogP contribution in [0.5, 0.6) is 5.75 Å². The molecule has 4 atom stereocenters. The molecule has 0 aromatic heterocycles. The zero-order chi connectivity index (χ0) is 28.0. The molecule has 3 N–H and O–H groups in total. The van der Waals surface area contributed by atoms with Crippen LogP contribution in [0.2, 0.25) is 0 Å². The highest BCUT2D eigenvalue weighted by Crippen LogP contribution is 2.36. The smallest absolute Gasteiger partial charge is 0.303 e. The Balaban J connectivity index is 1.58. The number of benzene rings is 2. The Labute approximate surface area is 225 Å². The molecule has 1 aliphatic rings. The molecule has 1 aliphatic carbocycles. The van der Waals surface area contributed by atoms with E-state index in [9.17, 15) is 18.7 Å². The molecule has 0 heterocycles. The second-order valence-electron chi connectivity index (χ2n) is 12.0. The summed E-state index contributed by atoms with van der Waals surface area (Å²) in [6.45, 7) is 10.8. The first-order valence-corrected chi connectivity index (χ1v) is 13.7. The van der Waals surface area contributed by atoms with Gasteiger partial charge in [-0.15, -0.1) is 0 Å². The zero-order valence-corrected chi connectivity index (χ0v) is 23.3. The van der Waals surface area contributed by atoms with Gasteiger partial charge in [-0.25, -0.2) is 8.78 Å². The van der Waals surface area contributed by atoms with Crippen molar-refractivity contribution in [1.82, 2.24) is 5.32 Å². The molecule has 3 unspecified atom stereocenters. The van der Waals surface area contributed by atoms with Crippen LogP contribution in [0.1, 0.15) is 83.1 Å². The lowest BCUT2D eigenvalue weighted by Crippen LogP contribution is -2.43. The van der Waals surface area contributed by atoms with E-state index in [0.29, 0.717) is 29.7 Å². The molecule has 0 spiro atoms. The number of nitrogens with one attached hydrogen (secondary N) is 1. The summed E-state index contributed by atoms with van der Waals surface area (Å²) in [4.78, 5) is 10.8. The molecule has 38 heavy (non-hydrogen) atoms. The number of hydrogen-bond acceptors (Lipinski definition) is 4. The second kappa shape index (κ2) is 13.0. The molecule has 2 aromatic carbocycles. The number of aliphatic hydroxyl groups excluding tert-OH is 1. The molecule has 1 saturated carbocycles. The standard InChI is InChI=1S/C31H43F2NO4/c1-19(2)24-12-6-20(3)14-28(24)38-23-10-7-21(8-11-23)17-31(4,5)34-18-27(35)25-15-22(9-13-29(36)37)16-26(32)30(25)33/h7-8,10-11,15-16,19-20,24,27-28,34-35H,6,9,12-14,17-18H2,1-5H3,(H,36,37)/t20?,24?,27-,28?/m1/s1. The van der Waals surface area contributed by atoms with Gasteiger partial charge in [0.2, 0.25) is 0 Å². The van der Waals surface area contributed by atoms with Crippen molar-refractivity contribution in [3.05, 3.63) is 64.7 Å². The van der Waals surface area contributed by atoms with Crippen LogP contribution in [0.25, 0.3) is 0 Å². The number of rotatable bonds is 12. The van der Waals surface area contributed by atoms with E-state index < -0.39 is 29.2 Å². The predicted molar refractivity (Wildman–Crippen MR) is 145 cm³/mol. The van der Waals surface area contributed by atoms with E-state index in [2.05, 4.69) is 26.1 Å². The second-order valence-corrected chi connectivity index (χ2v) is 12.0. The summed E-state index contributed by atoms with van der Waals surface area (Å²) >= 11 is 0. The van der Waals surface area contributed by atoms with E-state index in [4.69, 9.17) is 9.84 Å². The van der Waals surface area contributed by atoms with Gasteiger partial charge in [-0.05, 0) is 92.7 Å². The Morgan fingerprint density at radius 2 is 1.82 bits per heavy atom. The summed E-state index contributed by atoms with van der Waals surface area (Å²) in [6.07, 6.45) is 3.01. The lowest BCUT2D eigenvalue weighted by atomic mass is 9.75. The van der Waals surface area contributed by atoms with Gasteiger partial charge < -0.3 is 20.3 Å². The number of hydrogen-bond donors (Lipinski definition) is 3. The van der Waals surface area contributed by atoms with Crippen molar-refractivity contribution in [1.29, 1.82) is 0 Å². The molecule has 0 radical (unpaired) electrons. The number of ether oxygens (including phenoxy) is 1. The topological polar surface area (TPSA) is 78.8 Å². The van der Waals surface area contributed by atoms with Crippen molar-refractivity contribution in [3.8, 4) is 5.75 Å². The summed E-state index contributed by atoms with van der Waals surface area (Å²) in [6, 6.07) is 10.4. The van der Waals surface area contributed by atoms with E-state index in [-0.39, 0.29) is 31.1 Å². The highest BCUT2D eigenvalue weighted by Gasteiger charge is 2.32. The van der Waals surface area contributed by atoms with Crippen LogP contribution in [0, 0.1) is 29.4 Å². The minimum absolute atomic E-state index is 0.0173. The largest absolute Gasteiger partial charge is 0.490 e. The van der Waals surface area contributed by atoms with Crippen molar-refractivity contribution in [2.75, 3.05) is 6.54 Å². The maximum absolute atomic E-state index is 14.4. The fraction of sp³-hybridized carbons (Fsp3) is 0.581. The average Bonchev–Trinajstić information content (AvgIpc) is 2.84. The van der Waals surface area contributed by atoms with Gasteiger partial charge in [0, 0.05) is 24.1 Å². The summed E-state index contributed by atoms with van der Waals surface area (Å²) in [5, 5.41) is 22.8. The Morgan fingerprint density at radius 3 is 2.45 bits per heavy atom. The molecule has 5 nitrogen and oxygen atoms in total. The maximum Gasteiger partial charge on any atom is 0.303 e. The van der Waals surface area contributed by atoms with Gasteiger partial charge in [-0.3, -0.25) is 4.79 Å². The molecule has 7 heteroatoms. The number of carboxylic acid groups (broad SMARTS) is 1. The fourth-order valence-electron chi connectivity index (χ4n) is 5.47. The van der Waals surface area contributed by atoms with Gasteiger partial charge in [-0.2, -0.15) is 0 Å². The van der Waals surface area contributed by atoms with E-state index in [1.165, 1.54) is 18.9 Å². The van der Waals surface area contributed by atoms with Crippen LogP contribution in [0.3, 0.4) is 0 Å². The molecule has 0 aliphatic heterocycles. The first-order valence-electron chi connectivity index (χ1n) is 13.7. The molecule has 0 bridgehead atoms. The van der Waals surface area contributed by atoms with Crippen LogP contribution in [0.4, 0.5) is 8.78 Å². The third-order valence-corrected chi connectivity index (χ3v) is 7.69. The summed E-state index contributed by atoms with van der Waals surface area (Å²) in [5.74, 6) is -0.524. The Kier molecular flexibility index (Phi) is 10.3. The number of carboxylic acids is 1. The van der Waals surface area contributed by atoms with Crippen molar-refractivity contribution < 1.29 is 28.5 Å². The van der Waals surface area contributed by atoms with Crippen molar-refractivity contribution in [2.45, 2.75) is 90.9 Å².